The summed E-state index contributed by atoms with van der Waals surface area (Å²) in [5.74, 6) is 0.486. The Balaban J connectivity index is 1.64. The van der Waals surface area contributed by atoms with Gasteiger partial charge in [0.2, 0.25) is 0 Å². The molecule has 112 valence electrons. The van der Waals surface area contributed by atoms with E-state index in [-0.39, 0.29) is 12.6 Å². The van der Waals surface area contributed by atoms with Crippen molar-refractivity contribution in [3.05, 3.63) is 35.2 Å². The lowest BCUT2D eigenvalue weighted by Crippen LogP contribution is -2.12. The van der Waals surface area contributed by atoms with Gasteiger partial charge >= 0.3 is 5.97 Å². The summed E-state index contributed by atoms with van der Waals surface area (Å²) in [6, 6.07) is 2.71. The molecule has 0 aromatic heterocycles. The molecule has 1 aromatic carbocycles. The summed E-state index contributed by atoms with van der Waals surface area (Å²) in [6.45, 7) is 0.879. The molecule has 1 fully saturated rings. The van der Waals surface area contributed by atoms with Gasteiger partial charge in [0.1, 0.15) is 11.6 Å². The van der Waals surface area contributed by atoms with E-state index in [2.05, 4.69) is 0 Å². The van der Waals surface area contributed by atoms with Crippen LogP contribution < -0.4 is 4.74 Å². The third-order valence-corrected chi connectivity index (χ3v) is 3.57. The van der Waals surface area contributed by atoms with Crippen molar-refractivity contribution >= 4 is 12.0 Å². The molecule has 21 heavy (non-hydrogen) atoms. The molecule has 3 rings (SSSR count). The van der Waals surface area contributed by atoms with Gasteiger partial charge < -0.3 is 14.2 Å². The summed E-state index contributed by atoms with van der Waals surface area (Å²) < 4.78 is 29.1. The zero-order valence-corrected chi connectivity index (χ0v) is 11.6. The maximum absolute atomic E-state index is 13.5. The molecule has 5 heteroatoms. The third kappa shape index (κ3) is 3.82. The van der Waals surface area contributed by atoms with Crippen LogP contribution >= 0.6 is 0 Å². The molecule has 0 amide bonds. The van der Waals surface area contributed by atoms with Gasteiger partial charge in [0.15, 0.2) is 6.79 Å². The van der Waals surface area contributed by atoms with Crippen LogP contribution in [0.1, 0.15) is 30.4 Å². The van der Waals surface area contributed by atoms with Gasteiger partial charge in [-0.1, -0.05) is 12.8 Å². The van der Waals surface area contributed by atoms with Crippen molar-refractivity contribution in [1.29, 1.82) is 0 Å². The average Bonchev–Trinajstić information content (AvgIpc) is 3.29. The number of esters is 1. The molecule has 1 saturated carbocycles. The zero-order valence-electron chi connectivity index (χ0n) is 11.6. The molecule has 1 aliphatic heterocycles. The minimum Gasteiger partial charge on any atom is -0.467 e. The molecule has 0 spiro atoms. The van der Waals surface area contributed by atoms with Crippen LogP contribution in [0.2, 0.25) is 0 Å². The first-order valence-electron chi connectivity index (χ1n) is 7.10. The van der Waals surface area contributed by atoms with Crippen LogP contribution in [0.4, 0.5) is 4.39 Å². The predicted molar refractivity (Wildman–Crippen MR) is 74.0 cm³/mol. The third-order valence-electron chi connectivity index (χ3n) is 3.57. The fourth-order valence-corrected chi connectivity index (χ4v) is 2.27. The van der Waals surface area contributed by atoms with E-state index in [4.69, 9.17) is 14.2 Å². The monoisotopic (exact) mass is 292 g/mol. The van der Waals surface area contributed by atoms with E-state index in [1.165, 1.54) is 37.1 Å². The van der Waals surface area contributed by atoms with E-state index in [1.807, 2.05) is 0 Å². The predicted octanol–water partition coefficient (Wildman–Crippen LogP) is 3.05. The number of benzene rings is 1. The van der Waals surface area contributed by atoms with Crippen molar-refractivity contribution in [2.75, 3.05) is 13.4 Å². The lowest BCUT2D eigenvalue weighted by Gasteiger charge is -2.19. The maximum Gasteiger partial charge on any atom is 0.330 e. The summed E-state index contributed by atoms with van der Waals surface area (Å²) in [7, 11) is 0. The highest BCUT2D eigenvalue weighted by Crippen LogP contribution is 2.32. The topological polar surface area (TPSA) is 44.8 Å². The normalized spacial score (nSPS) is 17.4. The van der Waals surface area contributed by atoms with Gasteiger partial charge in [-0.25, -0.2) is 9.18 Å². The fourth-order valence-electron chi connectivity index (χ4n) is 2.27. The van der Waals surface area contributed by atoms with Crippen LogP contribution in [0.25, 0.3) is 6.08 Å². The number of hydrogen-bond donors (Lipinski definition) is 0. The first-order valence-corrected chi connectivity index (χ1v) is 7.10. The second-order valence-electron chi connectivity index (χ2n) is 5.33. The average molecular weight is 292 g/mol. The number of ether oxygens (including phenoxy) is 3. The Morgan fingerprint density at radius 1 is 1.43 bits per heavy atom. The minimum atomic E-state index is -0.416. The van der Waals surface area contributed by atoms with E-state index in [0.717, 1.165) is 12.3 Å². The Morgan fingerprint density at radius 3 is 3.10 bits per heavy atom. The summed E-state index contributed by atoms with van der Waals surface area (Å²) in [6.07, 6.45) is 6.23. The maximum atomic E-state index is 13.5. The number of halogens is 1. The minimum absolute atomic E-state index is 0.130. The molecule has 1 heterocycles. The first-order chi connectivity index (χ1) is 10.2. The van der Waals surface area contributed by atoms with Crippen LogP contribution in [0.3, 0.4) is 0 Å². The zero-order chi connectivity index (χ0) is 14.7. The highest BCUT2D eigenvalue weighted by Gasteiger charge is 2.21. The Bertz CT molecular complexity index is 564. The molecule has 1 aliphatic carbocycles. The van der Waals surface area contributed by atoms with Crippen LogP contribution in [0.15, 0.2) is 18.2 Å². The molecule has 4 nitrogen and oxygen atoms in total. The van der Waals surface area contributed by atoms with Gasteiger partial charge in [0.25, 0.3) is 0 Å². The van der Waals surface area contributed by atoms with Crippen LogP contribution in [-0.4, -0.2) is 19.4 Å². The van der Waals surface area contributed by atoms with E-state index < -0.39 is 5.97 Å². The summed E-state index contributed by atoms with van der Waals surface area (Å²) in [5.41, 5.74) is 1.16. The van der Waals surface area contributed by atoms with Crippen molar-refractivity contribution in [2.45, 2.75) is 25.9 Å². The van der Waals surface area contributed by atoms with Crippen molar-refractivity contribution in [2.24, 2.45) is 5.92 Å². The summed E-state index contributed by atoms with van der Waals surface area (Å²) >= 11 is 0. The van der Waals surface area contributed by atoms with Gasteiger partial charge in [-0.3, -0.25) is 0 Å². The lowest BCUT2D eigenvalue weighted by atomic mass is 10.1. The van der Waals surface area contributed by atoms with Crippen molar-refractivity contribution in [3.63, 3.8) is 0 Å². The van der Waals surface area contributed by atoms with Crippen LogP contribution in [0.5, 0.6) is 5.75 Å². The van der Waals surface area contributed by atoms with Crippen molar-refractivity contribution in [1.82, 2.24) is 0 Å². The summed E-state index contributed by atoms with van der Waals surface area (Å²) in [4.78, 5) is 11.6. The molecule has 2 aliphatic rings. The van der Waals surface area contributed by atoms with Crippen LogP contribution in [0, 0.1) is 11.7 Å². The van der Waals surface area contributed by atoms with Gasteiger partial charge in [-0.05, 0) is 30.5 Å². The Hall–Kier alpha value is -1.88. The quantitative estimate of drug-likeness (QED) is 0.618. The highest BCUT2D eigenvalue weighted by atomic mass is 19.1. The molecule has 0 bridgehead atoms. The molecule has 0 atom stereocenters. The van der Waals surface area contributed by atoms with Crippen LogP contribution in [-0.2, 0) is 20.9 Å². The SMILES string of the molecule is O=C(/C=C/c1cc(F)cc2c1OCOC2)OCCC1CC1. The standard InChI is InChI=1S/C16H17FO4/c17-14-7-12(16-13(8-14)9-19-10-21-16)3-4-15(18)20-6-5-11-1-2-11/h3-4,7-8,11H,1-2,5-6,9-10H2/b4-3+. The van der Waals surface area contributed by atoms with Gasteiger partial charge in [-0.15, -0.1) is 0 Å². The molecular weight excluding hydrogens is 275 g/mol. The molecule has 0 radical (unpaired) electrons. The molecule has 0 unspecified atom stereocenters. The van der Waals surface area contributed by atoms with E-state index in [0.29, 0.717) is 30.1 Å². The Labute approximate surface area is 122 Å². The lowest BCUT2D eigenvalue weighted by molar-refractivity contribution is -0.137. The number of fused-ring (bicyclic) bond motifs is 1. The smallest absolute Gasteiger partial charge is 0.330 e. The van der Waals surface area contributed by atoms with E-state index in [1.54, 1.807) is 0 Å². The number of carbonyl (C=O) groups is 1. The van der Waals surface area contributed by atoms with Gasteiger partial charge in [0.05, 0.1) is 13.2 Å². The van der Waals surface area contributed by atoms with Gasteiger partial charge in [-0.2, -0.15) is 0 Å². The number of rotatable bonds is 5. The largest absolute Gasteiger partial charge is 0.467 e. The Morgan fingerprint density at radius 2 is 2.29 bits per heavy atom. The number of hydrogen-bond acceptors (Lipinski definition) is 4. The molecule has 0 saturated heterocycles. The summed E-state index contributed by atoms with van der Waals surface area (Å²) in [5, 5.41) is 0. The molecule has 0 N–H and O–H groups in total. The second kappa shape index (κ2) is 6.26. The second-order valence-corrected chi connectivity index (χ2v) is 5.33. The van der Waals surface area contributed by atoms with Crippen molar-refractivity contribution in [3.8, 4) is 5.75 Å². The van der Waals surface area contributed by atoms with E-state index >= 15 is 0 Å². The van der Waals surface area contributed by atoms with E-state index in [9.17, 15) is 9.18 Å². The fraction of sp³-hybridized carbons (Fsp3) is 0.438. The highest BCUT2D eigenvalue weighted by molar-refractivity contribution is 5.87. The Kier molecular flexibility index (Phi) is 4.20. The number of carbonyl (C=O) groups excluding carboxylic acids is 1. The molecule has 1 aromatic rings. The first kappa shape index (κ1) is 14.1. The van der Waals surface area contributed by atoms with Crippen molar-refractivity contribution < 1.29 is 23.4 Å². The van der Waals surface area contributed by atoms with Gasteiger partial charge in [0, 0.05) is 17.2 Å². The molecular formula is C16H17FO4.